The van der Waals surface area contributed by atoms with Gasteiger partial charge in [0.05, 0.1) is 18.2 Å². The molecule has 0 fully saturated rings. The number of aryl methyl sites for hydroxylation is 1. The molecule has 0 amide bonds. The van der Waals surface area contributed by atoms with Crippen molar-refractivity contribution in [3.63, 3.8) is 0 Å². The van der Waals surface area contributed by atoms with Crippen molar-refractivity contribution in [1.82, 2.24) is 4.98 Å². The summed E-state index contributed by atoms with van der Waals surface area (Å²) in [4.78, 5) is 2.98. The molecular weight excluding hydrogens is 383 g/mol. The van der Waals surface area contributed by atoms with Crippen LogP contribution in [0.25, 0.3) is 10.9 Å². The smallest absolute Gasteiger partial charge is 0.361 e. The van der Waals surface area contributed by atoms with E-state index in [1.807, 2.05) is 6.07 Å². The lowest BCUT2D eigenvalue weighted by Crippen LogP contribution is -2.44. The Bertz CT molecular complexity index is 929. The topological polar surface area (TPSA) is 82.9 Å². The molecule has 1 aromatic carbocycles. The highest BCUT2D eigenvalue weighted by Gasteiger charge is 2.68. The SMILES string of the molecule is N#Cc1ccc2[nH]cc(CCCCOS(=O)(=O)C(F)(F)C(F)(F)F)c2c1. The first-order valence-electron chi connectivity index (χ1n) is 7.33. The Kier molecular flexibility index (Phi) is 5.58. The van der Waals surface area contributed by atoms with Crippen LogP contribution in [0.15, 0.2) is 24.4 Å². The van der Waals surface area contributed by atoms with Gasteiger partial charge in [0.2, 0.25) is 0 Å². The Labute approximate surface area is 145 Å². The first-order valence-corrected chi connectivity index (χ1v) is 8.74. The average molecular weight is 396 g/mol. The van der Waals surface area contributed by atoms with Crippen molar-refractivity contribution < 1.29 is 34.6 Å². The second kappa shape index (κ2) is 7.20. The number of aromatic nitrogens is 1. The predicted octanol–water partition coefficient (Wildman–Crippen LogP) is 3.86. The van der Waals surface area contributed by atoms with Gasteiger partial charge in [0, 0.05) is 17.1 Å². The van der Waals surface area contributed by atoms with Crippen molar-refractivity contribution in [1.29, 1.82) is 5.26 Å². The molecule has 2 aromatic rings. The number of halogens is 5. The molecule has 0 bridgehead atoms. The van der Waals surface area contributed by atoms with Crippen molar-refractivity contribution in [2.24, 2.45) is 0 Å². The van der Waals surface area contributed by atoms with E-state index < -0.39 is 28.2 Å². The van der Waals surface area contributed by atoms with Gasteiger partial charge in [0.25, 0.3) is 0 Å². The third kappa shape index (κ3) is 3.96. The molecule has 1 heterocycles. The molecule has 11 heteroatoms. The number of rotatable bonds is 7. The first-order chi connectivity index (χ1) is 12.0. The van der Waals surface area contributed by atoms with Gasteiger partial charge in [-0.05, 0) is 43.0 Å². The van der Waals surface area contributed by atoms with Crippen LogP contribution < -0.4 is 0 Å². The molecule has 0 atom stereocenters. The maximum absolute atomic E-state index is 12.8. The number of nitriles is 1. The molecular formula is C15H13F5N2O3S. The standard InChI is InChI=1S/C15H13F5N2O3S/c16-14(17,18)15(19,20)26(23,24)25-6-2-1-3-11-9-22-13-5-4-10(8-21)7-12(11)13/h4-5,7,9,22H,1-3,6H2. The number of H-pyrrole nitrogens is 1. The molecule has 0 saturated heterocycles. The maximum Gasteiger partial charge on any atom is 0.472 e. The Morgan fingerprint density at radius 3 is 2.46 bits per heavy atom. The third-order valence-corrected chi connectivity index (χ3v) is 4.96. The predicted molar refractivity (Wildman–Crippen MR) is 81.8 cm³/mol. The summed E-state index contributed by atoms with van der Waals surface area (Å²) in [6.45, 7) is -0.792. The molecule has 5 nitrogen and oxygen atoms in total. The lowest BCUT2D eigenvalue weighted by atomic mass is 10.1. The van der Waals surface area contributed by atoms with Gasteiger partial charge in [-0.2, -0.15) is 35.6 Å². The second-order valence-corrected chi connectivity index (χ2v) is 7.09. The minimum absolute atomic E-state index is 0.0439. The summed E-state index contributed by atoms with van der Waals surface area (Å²) in [5.41, 5.74) is 2.03. The first kappa shape index (κ1) is 20.1. The normalized spacial score (nSPS) is 13.1. The minimum atomic E-state index is -6.24. The van der Waals surface area contributed by atoms with Gasteiger partial charge >= 0.3 is 21.5 Å². The number of nitrogens with zero attached hydrogens (tertiary/aromatic N) is 1. The van der Waals surface area contributed by atoms with Crippen LogP contribution in [-0.2, 0) is 20.7 Å². The summed E-state index contributed by atoms with van der Waals surface area (Å²) < 4.78 is 87.7. The lowest BCUT2D eigenvalue weighted by Gasteiger charge is -2.18. The number of fused-ring (bicyclic) bond motifs is 1. The molecule has 0 aliphatic carbocycles. The molecule has 0 aliphatic heterocycles. The van der Waals surface area contributed by atoms with Crippen LogP contribution in [0.1, 0.15) is 24.0 Å². The van der Waals surface area contributed by atoms with Crippen LogP contribution in [0.5, 0.6) is 0 Å². The molecule has 2 rings (SSSR count). The Hall–Kier alpha value is -2.19. The lowest BCUT2D eigenvalue weighted by molar-refractivity contribution is -0.244. The van der Waals surface area contributed by atoms with Crippen LogP contribution in [-0.4, -0.2) is 31.4 Å². The van der Waals surface area contributed by atoms with E-state index in [4.69, 9.17) is 5.26 Å². The zero-order chi connectivity index (χ0) is 19.6. The van der Waals surface area contributed by atoms with E-state index in [0.717, 1.165) is 16.5 Å². The van der Waals surface area contributed by atoms with Crippen molar-refractivity contribution in [2.45, 2.75) is 30.7 Å². The van der Waals surface area contributed by atoms with Crippen molar-refractivity contribution in [3.8, 4) is 6.07 Å². The van der Waals surface area contributed by atoms with E-state index in [9.17, 15) is 30.4 Å². The van der Waals surface area contributed by atoms with Crippen LogP contribution in [0.3, 0.4) is 0 Å². The van der Waals surface area contributed by atoms with E-state index in [-0.39, 0.29) is 12.8 Å². The van der Waals surface area contributed by atoms with Crippen LogP contribution in [0.2, 0.25) is 0 Å². The van der Waals surface area contributed by atoms with E-state index in [1.165, 1.54) is 0 Å². The van der Waals surface area contributed by atoms with Crippen molar-refractivity contribution in [3.05, 3.63) is 35.5 Å². The van der Waals surface area contributed by atoms with Crippen LogP contribution in [0, 0.1) is 11.3 Å². The highest BCUT2D eigenvalue weighted by atomic mass is 32.2. The van der Waals surface area contributed by atoms with Gasteiger partial charge in [-0.25, -0.2) is 0 Å². The van der Waals surface area contributed by atoms with Gasteiger partial charge < -0.3 is 4.98 Å². The van der Waals surface area contributed by atoms with E-state index in [2.05, 4.69) is 9.17 Å². The Morgan fingerprint density at radius 1 is 1.15 bits per heavy atom. The third-order valence-electron chi connectivity index (χ3n) is 3.62. The fraction of sp³-hybridized carbons (Fsp3) is 0.400. The summed E-state index contributed by atoms with van der Waals surface area (Å²) in [6, 6.07) is 6.99. The number of benzene rings is 1. The van der Waals surface area contributed by atoms with Crippen LogP contribution in [0.4, 0.5) is 22.0 Å². The molecule has 1 aromatic heterocycles. The molecule has 1 N–H and O–H groups in total. The monoisotopic (exact) mass is 396 g/mol. The quantitative estimate of drug-likeness (QED) is 0.438. The Morgan fingerprint density at radius 2 is 1.85 bits per heavy atom. The maximum atomic E-state index is 12.8. The van der Waals surface area contributed by atoms with Crippen molar-refractivity contribution in [2.75, 3.05) is 6.61 Å². The number of hydrogen-bond donors (Lipinski definition) is 1. The Balaban J connectivity index is 1.91. The summed E-state index contributed by atoms with van der Waals surface area (Å²) in [7, 11) is -6.10. The minimum Gasteiger partial charge on any atom is -0.361 e. The zero-order valence-corrected chi connectivity index (χ0v) is 13.9. The van der Waals surface area contributed by atoms with Crippen molar-refractivity contribution >= 4 is 21.0 Å². The summed E-state index contributed by atoms with van der Waals surface area (Å²) >= 11 is 0. The molecule has 26 heavy (non-hydrogen) atoms. The zero-order valence-electron chi connectivity index (χ0n) is 13.1. The van der Waals surface area contributed by atoms with Gasteiger partial charge in [0.1, 0.15) is 0 Å². The van der Waals surface area contributed by atoms with Gasteiger partial charge in [0.15, 0.2) is 0 Å². The molecule has 0 spiro atoms. The fourth-order valence-electron chi connectivity index (χ4n) is 2.26. The molecule has 0 saturated carbocycles. The van der Waals surface area contributed by atoms with Gasteiger partial charge in [-0.3, -0.25) is 4.18 Å². The highest BCUT2D eigenvalue weighted by molar-refractivity contribution is 7.87. The number of unbranched alkanes of at least 4 members (excludes halogenated alkanes) is 1. The fourth-order valence-corrected chi connectivity index (χ4v) is 3.03. The number of nitrogens with one attached hydrogen (secondary N) is 1. The summed E-state index contributed by atoms with van der Waals surface area (Å²) in [5.74, 6) is 0. The van der Waals surface area contributed by atoms with Gasteiger partial charge in [-0.1, -0.05) is 0 Å². The second-order valence-electron chi connectivity index (χ2n) is 5.43. The largest absolute Gasteiger partial charge is 0.472 e. The van der Waals surface area contributed by atoms with E-state index >= 15 is 0 Å². The summed E-state index contributed by atoms with van der Waals surface area (Å²) in [5, 5.41) is 3.72. The molecule has 0 unspecified atom stereocenters. The molecule has 0 radical (unpaired) electrons. The molecule has 142 valence electrons. The molecule has 0 aliphatic rings. The number of aromatic amines is 1. The number of hydrogen-bond acceptors (Lipinski definition) is 4. The van der Waals surface area contributed by atoms with Gasteiger partial charge in [-0.15, -0.1) is 0 Å². The highest BCUT2D eigenvalue weighted by Crippen LogP contribution is 2.40. The average Bonchev–Trinajstić information content (AvgIpc) is 2.95. The van der Waals surface area contributed by atoms with Crippen LogP contribution >= 0.6 is 0 Å². The number of alkyl halides is 5. The summed E-state index contributed by atoms with van der Waals surface area (Å²) in [6.07, 6.45) is -3.92. The van der Waals surface area contributed by atoms with E-state index in [0.29, 0.717) is 12.0 Å². The van der Waals surface area contributed by atoms with E-state index in [1.54, 1.807) is 24.4 Å².